The molecular weight excluding hydrogens is 307 g/mol. The van der Waals surface area contributed by atoms with Crippen molar-refractivity contribution < 1.29 is 13.7 Å². The van der Waals surface area contributed by atoms with Crippen molar-refractivity contribution in [1.82, 2.24) is 5.16 Å². The second kappa shape index (κ2) is 5.77. The molecule has 1 heterocycles. The maximum absolute atomic E-state index is 13.0. The van der Waals surface area contributed by atoms with Crippen LogP contribution in [0.25, 0.3) is 11.0 Å². The molecule has 0 fully saturated rings. The standard InChI is InChI=1S/C16H12ClFN2O2/c1-9-2-5-15-11(6-9)14(20-22-15)8-16(21)19-13-4-3-10(18)7-12(13)17/h2-7H,8H2,1H3,(H,19,21). The molecule has 0 aliphatic rings. The first kappa shape index (κ1) is 14.5. The lowest BCUT2D eigenvalue weighted by Crippen LogP contribution is -2.15. The van der Waals surface area contributed by atoms with Crippen LogP contribution in [-0.4, -0.2) is 11.1 Å². The number of anilines is 1. The highest BCUT2D eigenvalue weighted by Crippen LogP contribution is 2.24. The van der Waals surface area contributed by atoms with Gasteiger partial charge < -0.3 is 9.84 Å². The first-order chi connectivity index (χ1) is 10.5. The van der Waals surface area contributed by atoms with Crippen molar-refractivity contribution in [2.45, 2.75) is 13.3 Å². The Hall–Kier alpha value is -2.40. The van der Waals surface area contributed by atoms with Crippen molar-refractivity contribution in [3.63, 3.8) is 0 Å². The highest BCUT2D eigenvalue weighted by Gasteiger charge is 2.14. The molecule has 0 unspecified atom stereocenters. The largest absolute Gasteiger partial charge is 0.356 e. The maximum atomic E-state index is 13.0. The van der Waals surface area contributed by atoms with Gasteiger partial charge in [0.2, 0.25) is 5.91 Å². The lowest BCUT2D eigenvalue weighted by Gasteiger charge is -2.06. The van der Waals surface area contributed by atoms with Crippen LogP contribution in [0.1, 0.15) is 11.3 Å². The third kappa shape index (κ3) is 2.94. The Balaban J connectivity index is 1.79. The van der Waals surface area contributed by atoms with Gasteiger partial charge in [0, 0.05) is 5.39 Å². The molecule has 3 rings (SSSR count). The fraction of sp³-hybridized carbons (Fsp3) is 0.125. The van der Waals surface area contributed by atoms with Gasteiger partial charge in [0.25, 0.3) is 0 Å². The molecule has 0 bridgehead atoms. The quantitative estimate of drug-likeness (QED) is 0.790. The number of aryl methyl sites for hydroxylation is 1. The minimum absolute atomic E-state index is 0.0458. The van der Waals surface area contributed by atoms with Crippen LogP contribution in [0.4, 0.5) is 10.1 Å². The van der Waals surface area contributed by atoms with E-state index in [1.807, 2.05) is 25.1 Å². The smallest absolute Gasteiger partial charge is 0.230 e. The van der Waals surface area contributed by atoms with E-state index >= 15 is 0 Å². The molecule has 3 aromatic rings. The van der Waals surface area contributed by atoms with Gasteiger partial charge in [0.05, 0.1) is 17.1 Å². The van der Waals surface area contributed by atoms with Crippen molar-refractivity contribution in [2.75, 3.05) is 5.32 Å². The monoisotopic (exact) mass is 318 g/mol. The van der Waals surface area contributed by atoms with Gasteiger partial charge in [-0.15, -0.1) is 0 Å². The average molecular weight is 319 g/mol. The molecule has 0 saturated carbocycles. The number of hydrogen-bond acceptors (Lipinski definition) is 3. The van der Waals surface area contributed by atoms with Crippen molar-refractivity contribution in [2.24, 2.45) is 0 Å². The molecule has 1 N–H and O–H groups in total. The van der Waals surface area contributed by atoms with Crippen LogP contribution in [0.3, 0.4) is 0 Å². The fourth-order valence-corrected chi connectivity index (χ4v) is 2.38. The first-order valence-electron chi connectivity index (χ1n) is 6.63. The Morgan fingerprint density at radius 3 is 2.91 bits per heavy atom. The molecule has 2 aromatic carbocycles. The Kier molecular flexibility index (Phi) is 3.81. The van der Waals surface area contributed by atoms with E-state index in [0.29, 0.717) is 17.0 Å². The number of fused-ring (bicyclic) bond motifs is 1. The normalized spacial score (nSPS) is 10.9. The molecule has 4 nitrogen and oxygen atoms in total. The third-order valence-electron chi connectivity index (χ3n) is 3.23. The van der Waals surface area contributed by atoms with Crippen LogP contribution in [0.15, 0.2) is 40.9 Å². The lowest BCUT2D eigenvalue weighted by atomic mass is 10.1. The molecule has 22 heavy (non-hydrogen) atoms. The molecule has 1 aromatic heterocycles. The summed E-state index contributed by atoms with van der Waals surface area (Å²) in [4.78, 5) is 12.1. The van der Waals surface area contributed by atoms with Gasteiger partial charge in [0.15, 0.2) is 5.58 Å². The summed E-state index contributed by atoms with van der Waals surface area (Å²) in [7, 11) is 0. The van der Waals surface area contributed by atoms with Gasteiger partial charge in [-0.25, -0.2) is 4.39 Å². The Bertz CT molecular complexity index is 860. The summed E-state index contributed by atoms with van der Waals surface area (Å²) >= 11 is 5.88. The molecule has 0 radical (unpaired) electrons. The van der Waals surface area contributed by atoms with E-state index in [1.54, 1.807) is 0 Å². The molecule has 0 spiro atoms. The topological polar surface area (TPSA) is 55.1 Å². The van der Waals surface area contributed by atoms with Crippen molar-refractivity contribution in [3.8, 4) is 0 Å². The number of nitrogens with one attached hydrogen (secondary N) is 1. The molecule has 0 aliphatic heterocycles. The van der Waals surface area contributed by atoms with Gasteiger partial charge >= 0.3 is 0 Å². The molecule has 0 atom stereocenters. The van der Waals surface area contributed by atoms with Crippen LogP contribution in [0.2, 0.25) is 5.02 Å². The van der Waals surface area contributed by atoms with Gasteiger partial charge in [-0.1, -0.05) is 28.4 Å². The van der Waals surface area contributed by atoms with E-state index in [9.17, 15) is 9.18 Å². The average Bonchev–Trinajstić information content (AvgIpc) is 2.84. The molecule has 6 heteroatoms. The Morgan fingerprint density at radius 1 is 1.32 bits per heavy atom. The van der Waals surface area contributed by atoms with E-state index in [2.05, 4.69) is 10.5 Å². The lowest BCUT2D eigenvalue weighted by molar-refractivity contribution is -0.115. The Labute approximate surface area is 130 Å². The van der Waals surface area contributed by atoms with Crippen molar-refractivity contribution in [1.29, 1.82) is 0 Å². The molecular formula is C16H12ClFN2O2. The van der Waals surface area contributed by atoms with E-state index in [-0.39, 0.29) is 17.4 Å². The van der Waals surface area contributed by atoms with Gasteiger partial charge in [-0.3, -0.25) is 4.79 Å². The molecule has 0 aliphatic carbocycles. The van der Waals surface area contributed by atoms with Crippen molar-refractivity contribution in [3.05, 3.63) is 58.5 Å². The number of carbonyl (C=O) groups is 1. The summed E-state index contributed by atoms with van der Waals surface area (Å²) < 4.78 is 18.2. The van der Waals surface area contributed by atoms with Crippen LogP contribution < -0.4 is 5.32 Å². The SMILES string of the molecule is Cc1ccc2onc(CC(=O)Nc3ccc(F)cc3Cl)c2c1. The van der Waals surface area contributed by atoms with E-state index < -0.39 is 5.82 Å². The zero-order valence-corrected chi connectivity index (χ0v) is 12.4. The van der Waals surface area contributed by atoms with Crippen LogP contribution in [0, 0.1) is 12.7 Å². The number of amides is 1. The first-order valence-corrected chi connectivity index (χ1v) is 7.00. The zero-order chi connectivity index (χ0) is 15.7. The molecule has 0 saturated heterocycles. The van der Waals surface area contributed by atoms with Gasteiger partial charge in [0.1, 0.15) is 11.5 Å². The Morgan fingerprint density at radius 2 is 2.14 bits per heavy atom. The number of hydrogen-bond donors (Lipinski definition) is 1. The van der Waals surface area contributed by atoms with Gasteiger partial charge in [-0.05, 0) is 37.3 Å². The summed E-state index contributed by atoms with van der Waals surface area (Å²) in [5.41, 5.74) is 2.60. The number of rotatable bonds is 3. The fourth-order valence-electron chi connectivity index (χ4n) is 2.17. The molecule has 1 amide bonds. The summed E-state index contributed by atoms with van der Waals surface area (Å²) in [6.45, 7) is 1.95. The maximum Gasteiger partial charge on any atom is 0.230 e. The predicted molar refractivity (Wildman–Crippen MR) is 82.5 cm³/mol. The third-order valence-corrected chi connectivity index (χ3v) is 3.55. The highest BCUT2D eigenvalue weighted by atomic mass is 35.5. The number of aromatic nitrogens is 1. The second-order valence-electron chi connectivity index (χ2n) is 4.98. The number of benzene rings is 2. The van der Waals surface area contributed by atoms with Crippen molar-refractivity contribution >= 4 is 34.2 Å². The van der Waals surface area contributed by atoms with Crippen LogP contribution in [-0.2, 0) is 11.2 Å². The summed E-state index contributed by atoms with van der Waals surface area (Å²) in [6.07, 6.45) is 0.0458. The zero-order valence-electron chi connectivity index (χ0n) is 11.7. The van der Waals surface area contributed by atoms with Gasteiger partial charge in [-0.2, -0.15) is 0 Å². The minimum Gasteiger partial charge on any atom is -0.356 e. The van der Waals surface area contributed by atoms with Crippen LogP contribution in [0.5, 0.6) is 0 Å². The van der Waals surface area contributed by atoms with E-state index in [4.69, 9.17) is 16.1 Å². The van der Waals surface area contributed by atoms with E-state index in [0.717, 1.165) is 17.0 Å². The van der Waals surface area contributed by atoms with E-state index in [1.165, 1.54) is 12.1 Å². The molecule has 112 valence electrons. The summed E-state index contributed by atoms with van der Waals surface area (Å²) in [5.74, 6) is -0.758. The minimum atomic E-state index is -0.457. The number of halogens is 2. The van der Waals surface area contributed by atoms with Crippen LogP contribution >= 0.6 is 11.6 Å². The number of nitrogens with zero attached hydrogens (tertiary/aromatic N) is 1. The number of carbonyl (C=O) groups excluding carboxylic acids is 1. The predicted octanol–water partition coefficient (Wildman–Crippen LogP) is 4.11. The summed E-state index contributed by atoms with van der Waals surface area (Å²) in [5, 5.41) is 7.51. The second-order valence-corrected chi connectivity index (χ2v) is 5.39. The highest BCUT2D eigenvalue weighted by molar-refractivity contribution is 6.33. The summed E-state index contributed by atoms with van der Waals surface area (Å²) in [6, 6.07) is 9.44.